The van der Waals surface area contributed by atoms with E-state index in [1.165, 1.54) is 0 Å². The summed E-state index contributed by atoms with van der Waals surface area (Å²) in [5.74, 6) is 0.342. The Morgan fingerprint density at radius 1 is 0.862 bits per heavy atom. The van der Waals surface area contributed by atoms with E-state index in [1.54, 1.807) is 33.7 Å². The summed E-state index contributed by atoms with van der Waals surface area (Å²) in [6, 6.07) is 29.7. The van der Waals surface area contributed by atoms with E-state index in [0.717, 1.165) is 11.1 Å². The van der Waals surface area contributed by atoms with Crippen molar-refractivity contribution in [2.45, 2.75) is 17.0 Å². The molecule has 0 bridgehead atoms. The molecule has 4 rings (SSSR count). The summed E-state index contributed by atoms with van der Waals surface area (Å²) < 4.78 is 11.5. The maximum atomic E-state index is 12.8. The van der Waals surface area contributed by atoms with Crippen LogP contribution in [0.3, 0.4) is 0 Å². The molecule has 1 aliphatic heterocycles. The average Bonchev–Trinajstić information content (AvgIpc) is 2.80. The van der Waals surface area contributed by atoms with Gasteiger partial charge < -0.3 is 7.80 Å². The van der Waals surface area contributed by atoms with Crippen molar-refractivity contribution >= 4 is 50.6 Å². The molecule has 0 spiro atoms. The summed E-state index contributed by atoms with van der Waals surface area (Å²) in [6.45, 7) is 0. The molecule has 1 heterocycles. The van der Waals surface area contributed by atoms with Crippen molar-refractivity contribution in [3.8, 4) is 0 Å². The molecule has 148 valence electrons. The Balaban J connectivity index is 1.74. The molecule has 3 aromatic rings. The average molecular weight is 534 g/mol. The number of ether oxygens (including phenoxy) is 1. The zero-order valence-corrected chi connectivity index (χ0v) is 19.2. The fourth-order valence-corrected chi connectivity index (χ4v) is 7.85. The summed E-state index contributed by atoms with van der Waals surface area (Å²) in [6.07, 6.45) is -0.724. The molecule has 0 unspecified atom stereocenters. The van der Waals surface area contributed by atoms with Gasteiger partial charge in [-0.25, -0.2) is 4.79 Å². The van der Waals surface area contributed by atoms with Gasteiger partial charge in [0.2, 0.25) is 0 Å². The number of hydrogen-bond acceptors (Lipinski definition) is 5. The minimum atomic E-state index is -0.492. The highest BCUT2D eigenvalue weighted by Gasteiger charge is 2.52. The lowest BCUT2D eigenvalue weighted by atomic mass is 9.83. The Morgan fingerprint density at radius 2 is 1.38 bits per heavy atom. The Bertz CT molecular complexity index is 899. The molecule has 1 saturated heterocycles. The minimum absolute atomic E-state index is 0.323. The number of hydrogen-bond donors (Lipinski definition) is 0. The van der Waals surface area contributed by atoms with E-state index in [0.29, 0.717) is 11.3 Å². The predicted molar refractivity (Wildman–Crippen MR) is 128 cm³/mol. The van der Waals surface area contributed by atoms with Crippen molar-refractivity contribution in [3.05, 3.63) is 108 Å². The number of halogens is 1. The third kappa shape index (κ3) is 4.21. The molecule has 0 N–H and O–H groups in total. The summed E-state index contributed by atoms with van der Waals surface area (Å²) in [4.78, 5) is 12.8. The first-order valence-electron chi connectivity index (χ1n) is 9.21. The van der Waals surface area contributed by atoms with E-state index >= 15 is 0 Å². The van der Waals surface area contributed by atoms with Gasteiger partial charge in [0.1, 0.15) is 40.0 Å². The van der Waals surface area contributed by atoms with Crippen LogP contribution in [0, 0.1) is 0 Å². The van der Waals surface area contributed by atoms with Crippen LogP contribution in [-0.4, -0.2) is 23.9 Å². The zero-order chi connectivity index (χ0) is 20.1. The van der Waals surface area contributed by atoms with Crippen LogP contribution in [0.5, 0.6) is 0 Å². The molecule has 3 aromatic carbocycles. The van der Waals surface area contributed by atoms with Crippen molar-refractivity contribution in [2.75, 3.05) is 5.75 Å². The van der Waals surface area contributed by atoms with Gasteiger partial charge >= 0.3 is 5.97 Å². The van der Waals surface area contributed by atoms with Crippen LogP contribution in [0.25, 0.3) is 0 Å². The molecular formula is C23H19IO3S2. The van der Waals surface area contributed by atoms with Gasteiger partial charge in [0.15, 0.2) is 0 Å². The highest BCUT2D eigenvalue weighted by atomic mass is 127. The second-order valence-electron chi connectivity index (χ2n) is 6.66. The predicted octanol–water partition coefficient (Wildman–Crippen LogP) is 6.29. The second kappa shape index (κ2) is 9.55. The second-order valence-corrected chi connectivity index (χ2v) is 9.75. The largest absolute Gasteiger partial charge is 0.455 e. The van der Waals surface area contributed by atoms with Gasteiger partial charge in [-0.15, -0.1) is 0 Å². The van der Waals surface area contributed by atoms with E-state index in [2.05, 4.69) is 24.3 Å². The first-order valence-corrected chi connectivity index (χ1v) is 12.4. The maximum absolute atomic E-state index is 12.8. The summed E-state index contributed by atoms with van der Waals surface area (Å²) in [5, 5.41) is 0. The van der Waals surface area contributed by atoms with E-state index in [1.807, 2.05) is 77.6 Å². The molecule has 29 heavy (non-hydrogen) atoms. The highest BCUT2D eigenvalue weighted by molar-refractivity contribution is 14.1. The van der Waals surface area contributed by atoms with Gasteiger partial charge in [-0.05, 0) is 23.3 Å². The van der Waals surface area contributed by atoms with Crippen LogP contribution in [0.1, 0.15) is 21.5 Å². The summed E-state index contributed by atoms with van der Waals surface area (Å²) in [7, 11) is 3.48. The van der Waals surface area contributed by atoms with Crippen LogP contribution < -0.4 is 0 Å². The summed E-state index contributed by atoms with van der Waals surface area (Å²) >= 11 is 1.95. The third-order valence-electron chi connectivity index (χ3n) is 4.93. The lowest BCUT2D eigenvalue weighted by Gasteiger charge is -2.45. The van der Waals surface area contributed by atoms with Crippen molar-refractivity contribution in [2.24, 2.45) is 0 Å². The lowest BCUT2D eigenvalue weighted by molar-refractivity contribution is 0.00228. The van der Waals surface area contributed by atoms with Gasteiger partial charge in [-0.3, -0.25) is 0 Å². The molecule has 0 saturated carbocycles. The molecule has 2 atom stereocenters. The molecule has 1 fully saturated rings. The third-order valence-corrected chi connectivity index (χ3v) is 8.58. The zero-order valence-electron chi connectivity index (χ0n) is 15.4. The molecule has 1 aliphatic rings. The van der Waals surface area contributed by atoms with Crippen LogP contribution in [0.2, 0.25) is 0 Å². The number of esters is 1. The van der Waals surface area contributed by atoms with E-state index in [4.69, 9.17) is 7.80 Å². The van der Waals surface area contributed by atoms with Crippen LogP contribution in [-0.2, 0) is 12.6 Å². The fourth-order valence-electron chi connectivity index (χ4n) is 3.55. The Hall–Kier alpha value is -1.48. The molecule has 0 amide bonds. The standard InChI is InChI=1S/C23H19IO3S2/c24-27-21-20(26-22(25)17-10-4-1-5-11-17)16-28-29-23(21,18-12-6-2-7-13-18)19-14-8-3-9-15-19/h1-15,20-21H,16H2/t20-,21+/m0/s1. The first kappa shape index (κ1) is 20.8. The topological polar surface area (TPSA) is 35.5 Å². The SMILES string of the molecule is O=C(O[C@H]1CSSC(c2ccccc2)(c2ccccc2)[C@@H]1OI)c1ccccc1. The van der Waals surface area contributed by atoms with Gasteiger partial charge in [0.25, 0.3) is 0 Å². The van der Waals surface area contributed by atoms with Gasteiger partial charge in [-0.1, -0.05) is 100 Å². The Labute approximate surface area is 192 Å². The van der Waals surface area contributed by atoms with Crippen molar-refractivity contribution < 1.29 is 12.6 Å². The number of carbonyl (C=O) groups is 1. The minimum Gasteiger partial charge on any atom is -0.455 e. The van der Waals surface area contributed by atoms with Gasteiger partial charge in [0.05, 0.1) is 5.56 Å². The molecule has 3 nitrogen and oxygen atoms in total. The Kier molecular flexibility index (Phi) is 6.85. The monoisotopic (exact) mass is 534 g/mol. The number of rotatable bonds is 5. The van der Waals surface area contributed by atoms with E-state index in [9.17, 15) is 4.79 Å². The van der Waals surface area contributed by atoms with Crippen LogP contribution in [0.15, 0.2) is 91.0 Å². The molecule has 0 aromatic heterocycles. The smallest absolute Gasteiger partial charge is 0.338 e. The van der Waals surface area contributed by atoms with Crippen molar-refractivity contribution in [3.63, 3.8) is 0 Å². The number of benzene rings is 3. The molecular weight excluding hydrogens is 515 g/mol. The van der Waals surface area contributed by atoms with Gasteiger partial charge in [0, 0.05) is 5.75 Å². The highest BCUT2D eigenvalue weighted by Crippen LogP contribution is 2.57. The lowest BCUT2D eigenvalue weighted by Crippen LogP contribution is -2.50. The van der Waals surface area contributed by atoms with E-state index in [-0.39, 0.29) is 18.2 Å². The summed E-state index contributed by atoms with van der Waals surface area (Å²) in [5.41, 5.74) is 2.81. The Morgan fingerprint density at radius 3 is 1.90 bits per heavy atom. The quantitative estimate of drug-likeness (QED) is 0.219. The molecule has 0 radical (unpaired) electrons. The van der Waals surface area contributed by atoms with Crippen molar-refractivity contribution in [1.82, 2.24) is 0 Å². The van der Waals surface area contributed by atoms with Crippen molar-refractivity contribution in [1.29, 1.82) is 0 Å². The normalized spacial score (nSPS) is 20.7. The van der Waals surface area contributed by atoms with Gasteiger partial charge in [-0.2, -0.15) is 0 Å². The molecule has 0 aliphatic carbocycles. The maximum Gasteiger partial charge on any atom is 0.338 e. The first-order chi connectivity index (χ1) is 14.3. The van der Waals surface area contributed by atoms with E-state index < -0.39 is 4.75 Å². The fraction of sp³-hybridized carbons (Fsp3) is 0.174. The molecule has 6 heteroatoms. The number of carbonyl (C=O) groups excluding carboxylic acids is 1. The van der Waals surface area contributed by atoms with Crippen LogP contribution in [0.4, 0.5) is 0 Å². The van der Waals surface area contributed by atoms with Crippen LogP contribution >= 0.6 is 44.6 Å².